The molecule has 3 heteroatoms. The molecule has 0 radical (unpaired) electrons. The Morgan fingerprint density at radius 3 is 2.50 bits per heavy atom. The minimum Gasteiger partial charge on any atom is -0.454 e. The van der Waals surface area contributed by atoms with E-state index in [1.807, 2.05) is 12.1 Å². The Morgan fingerprint density at radius 1 is 1.07 bits per heavy atom. The number of nitrogens with zero attached hydrogens (tertiary/aromatic N) is 1. The highest BCUT2D eigenvalue weighted by molar-refractivity contribution is 5.19. The Balaban J connectivity index is 1.86. The predicted molar refractivity (Wildman–Crippen MR) is 50.3 cm³/mol. The summed E-state index contributed by atoms with van der Waals surface area (Å²) in [7, 11) is 0. The first-order chi connectivity index (χ1) is 6.93. The number of pyridine rings is 1. The van der Waals surface area contributed by atoms with Gasteiger partial charge in [-0.15, -0.1) is 0 Å². The zero-order valence-corrected chi connectivity index (χ0v) is 7.72. The number of hydrogen-bond acceptors (Lipinski definition) is 3. The van der Waals surface area contributed by atoms with E-state index in [2.05, 4.69) is 11.1 Å². The van der Waals surface area contributed by atoms with Crippen LogP contribution in [0.15, 0.2) is 30.7 Å². The molecule has 14 heavy (non-hydrogen) atoms. The van der Waals surface area contributed by atoms with Gasteiger partial charge >= 0.3 is 0 Å². The summed E-state index contributed by atoms with van der Waals surface area (Å²) >= 11 is 0. The van der Waals surface area contributed by atoms with E-state index in [-0.39, 0.29) is 6.29 Å². The Morgan fingerprint density at radius 2 is 1.79 bits per heavy atom. The first kappa shape index (κ1) is 7.85. The van der Waals surface area contributed by atoms with Crippen LogP contribution in [0.4, 0.5) is 0 Å². The maximum atomic E-state index is 5.23. The second kappa shape index (κ2) is 3.01. The minimum absolute atomic E-state index is 0.339. The van der Waals surface area contributed by atoms with E-state index in [9.17, 15) is 0 Å². The molecule has 0 spiro atoms. The van der Waals surface area contributed by atoms with Crippen LogP contribution >= 0.6 is 0 Å². The normalized spacial score (nSPS) is 20.6. The van der Waals surface area contributed by atoms with Gasteiger partial charge in [-0.25, -0.2) is 4.98 Å². The molecule has 0 amide bonds. The summed E-state index contributed by atoms with van der Waals surface area (Å²) in [5.74, 6) is 0.671. The van der Waals surface area contributed by atoms with E-state index in [1.165, 1.54) is 18.5 Å². The lowest BCUT2D eigenvalue weighted by molar-refractivity contribution is -0.0280. The highest BCUT2D eigenvalue weighted by Gasteiger charge is 2.26. The summed E-state index contributed by atoms with van der Waals surface area (Å²) < 4.78 is 10.5. The van der Waals surface area contributed by atoms with Crippen LogP contribution in [0.2, 0.25) is 0 Å². The molecular weight excluding hydrogens is 178 g/mol. The topological polar surface area (TPSA) is 31.4 Å². The third-order valence-corrected chi connectivity index (χ3v) is 2.49. The fraction of sp³-hybridized carbons (Fsp3) is 0.364. The third kappa shape index (κ3) is 1.35. The quantitative estimate of drug-likeness (QED) is 0.716. The minimum atomic E-state index is -0.339. The van der Waals surface area contributed by atoms with Crippen LogP contribution in [0.3, 0.4) is 0 Å². The first-order valence-electron chi connectivity index (χ1n) is 4.86. The molecular formula is C11H11NO2. The second-order valence-electron chi connectivity index (χ2n) is 3.64. The molecule has 0 N–H and O–H groups in total. The molecule has 1 aromatic heterocycles. The van der Waals surface area contributed by atoms with E-state index >= 15 is 0 Å². The summed E-state index contributed by atoms with van der Waals surface area (Å²) in [4.78, 5) is 4.53. The molecule has 0 aromatic carbocycles. The Kier molecular flexibility index (Phi) is 1.69. The highest BCUT2D eigenvalue weighted by Crippen LogP contribution is 2.39. The maximum Gasteiger partial charge on any atom is 0.283 e. The summed E-state index contributed by atoms with van der Waals surface area (Å²) in [6, 6.07) is 6.02. The van der Waals surface area contributed by atoms with Crippen LogP contribution in [-0.4, -0.2) is 4.98 Å². The molecule has 0 atom stereocenters. The average Bonchev–Trinajstić information content (AvgIpc) is 2.94. The molecule has 0 unspecified atom stereocenters. The molecule has 0 saturated heterocycles. The van der Waals surface area contributed by atoms with Crippen LogP contribution in [0.1, 0.15) is 36.4 Å². The molecule has 1 aromatic rings. The van der Waals surface area contributed by atoms with Crippen molar-refractivity contribution in [2.24, 2.45) is 0 Å². The zero-order valence-electron chi connectivity index (χ0n) is 7.72. The molecule has 1 aliphatic carbocycles. The Hall–Kier alpha value is -1.51. The van der Waals surface area contributed by atoms with Crippen molar-refractivity contribution in [2.45, 2.75) is 25.0 Å². The van der Waals surface area contributed by atoms with Gasteiger partial charge in [-0.1, -0.05) is 6.07 Å². The van der Waals surface area contributed by atoms with Gasteiger partial charge in [0.05, 0.1) is 0 Å². The number of ether oxygens (including phenoxy) is 2. The molecule has 3 rings (SSSR count). The largest absolute Gasteiger partial charge is 0.454 e. The highest BCUT2D eigenvalue weighted by atomic mass is 16.7. The van der Waals surface area contributed by atoms with Crippen molar-refractivity contribution in [3.63, 3.8) is 0 Å². The van der Waals surface area contributed by atoms with E-state index in [1.54, 1.807) is 12.5 Å². The molecule has 2 heterocycles. The van der Waals surface area contributed by atoms with E-state index in [0.29, 0.717) is 5.92 Å². The number of hydrogen-bond donors (Lipinski definition) is 0. The van der Waals surface area contributed by atoms with Gasteiger partial charge in [0.1, 0.15) is 18.2 Å². The predicted octanol–water partition coefficient (Wildman–Crippen LogP) is 2.48. The van der Waals surface area contributed by atoms with Gasteiger partial charge in [0, 0.05) is 11.6 Å². The second-order valence-corrected chi connectivity index (χ2v) is 3.64. The van der Waals surface area contributed by atoms with Crippen LogP contribution < -0.4 is 0 Å². The van der Waals surface area contributed by atoms with Crippen molar-refractivity contribution in [2.75, 3.05) is 0 Å². The monoisotopic (exact) mass is 189 g/mol. The lowest BCUT2D eigenvalue weighted by Crippen LogP contribution is -2.02. The van der Waals surface area contributed by atoms with Crippen molar-refractivity contribution >= 4 is 0 Å². The number of rotatable bonds is 2. The van der Waals surface area contributed by atoms with Crippen LogP contribution in [-0.2, 0) is 9.47 Å². The standard InChI is InChI=1S/C11H11NO2/c1-2-9(8-4-5-8)12-10(3-1)11-13-6-7-14-11/h1-3,6-8,11H,4-5H2. The SMILES string of the molecule is C1=COC(c2cccc(C3CC3)n2)O1. The summed E-state index contributed by atoms with van der Waals surface area (Å²) in [6.07, 6.45) is 5.29. The average molecular weight is 189 g/mol. The summed E-state index contributed by atoms with van der Waals surface area (Å²) in [5.41, 5.74) is 2.03. The Bertz CT molecular complexity index is 363. The van der Waals surface area contributed by atoms with Crippen molar-refractivity contribution in [1.29, 1.82) is 0 Å². The van der Waals surface area contributed by atoms with Gasteiger partial charge in [-0.3, -0.25) is 0 Å². The third-order valence-electron chi connectivity index (χ3n) is 2.49. The van der Waals surface area contributed by atoms with E-state index < -0.39 is 0 Å². The smallest absolute Gasteiger partial charge is 0.283 e. The molecule has 1 saturated carbocycles. The fourth-order valence-corrected chi connectivity index (χ4v) is 1.59. The van der Waals surface area contributed by atoms with E-state index in [4.69, 9.17) is 9.47 Å². The van der Waals surface area contributed by atoms with Gasteiger partial charge in [0.25, 0.3) is 6.29 Å². The fourth-order valence-electron chi connectivity index (χ4n) is 1.59. The van der Waals surface area contributed by atoms with Crippen LogP contribution in [0, 0.1) is 0 Å². The van der Waals surface area contributed by atoms with Gasteiger partial charge < -0.3 is 9.47 Å². The maximum absolute atomic E-state index is 5.23. The lowest BCUT2D eigenvalue weighted by Gasteiger charge is -2.10. The van der Waals surface area contributed by atoms with Gasteiger partial charge in [0.15, 0.2) is 0 Å². The first-order valence-corrected chi connectivity index (χ1v) is 4.86. The summed E-state index contributed by atoms with van der Waals surface area (Å²) in [5, 5.41) is 0. The Labute approximate surface area is 82.4 Å². The van der Waals surface area contributed by atoms with Crippen molar-refractivity contribution in [3.8, 4) is 0 Å². The van der Waals surface area contributed by atoms with Gasteiger partial charge in [-0.05, 0) is 25.0 Å². The molecule has 1 fully saturated rings. The van der Waals surface area contributed by atoms with Crippen LogP contribution in [0.5, 0.6) is 0 Å². The van der Waals surface area contributed by atoms with Crippen molar-refractivity contribution < 1.29 is 9.47 Å². The zero-order chi connectivity index (χ0) is 9.38. The van der Waals surface area contributed by atoms with E-state index in [0.717, 1.165) is 5.69 Å². The number of aromatic nitrogens is 1. The molecule has 0 bridgehead atoms. The lowest BCUT2D eigenvalue weighted by atomic mass is 10.2. The van der Waals surface area contributed by atoms with Crippen molar-refractivity contribution in [3.05, 3.63) is 42.1 Å². The molecule has 1 aliphatic heterocycles. The summed E-state index contributed by atoms with van der Waals surface area (Å²) in [6.45, 7) is 0. The van der Waals surface area contributed by atoms with Crippen molar-refractivity contribution in [1.82, 2.24) is 4.98 Å². The van der Waals surface area contributed by atoms with Crippen LogP contribution in [0.25, 0.3) is 0 Å². The molecule has 72 valence electrons. The van der Waals surface area contributed by atoms with Gasteiger partial charge in [-0.2, -0.15) is 0 Å². The van der Waals surface area contributed by atoms with Gasteiger partial charge in [0.2, 0.25) is 0 Å². The molecule has 2 aliphatic rings. The molecule has 3 nitrogen and oxygen atoms in total.